The first-order chi connectivity index (χ1) is 15.6. The highest BCUT2D eigenvalue weighted by molar-refractivity contribution is 6.34. The van der Waals surface area contributed by atoms with Gasteiger partial charge in [0.15, 0.2) is 6.10 Å². The van der Waals surface area contributed by atoms with Gasteiger partial charge in [-0.2, -0.15) is 4.98 Å². The van der Waals surface area contributed by atoms with Crippen molar-refractivity contribution in [2.75, 3.05) is 13.2 Å². The van der Waals surface area contributed by atoms with Crippen LogP contribution in [0.3, 0.4) is 0 Å². The maximum atomic E-state index is 6.64. The van der Waals surface area contributed by atoms with Gasteiger partial charge < -0.3 is 19.2 Å². The fraction of sp³-hybridized carbons (Fsp3) is 0.269. The van der Waals surface area contributed by atoms with E-state index in [0.29, 0.717) is 17.6 Å². The highest BCUT2D eigenvalue weighted by Gasteiger charge is 2.43. The Kier molecular flexibility index (Phi) is 4.90. The third-order valence-corrected chi connectivity index (χ3v) is 6.63. The molecule has 162 valence electrons. The van der Waals surface area contributed by atoms with E-state index >= 15 is 0 Å². The number of H-pyrrole nitrogens is 1. The van der Waals surface area contributed by atoms with Crippen LogP contribution in [-0.2, 0) is 9.47 Å². The third kappa shape index (κ3) is 3.56. The van der Waals surface area contributed by atoms with E-state index < -0.39 is 0 Å². The zero-order valence-electron chi connectivity index (χ0n) is 17.7. The molecule has 0 saturated carbocycles. The first-order valence-electron chi connectivity index (χ1n) is 10.9. The van der Waals surface area contributed by atoms with Crippen molar-refractivity contribution in [1.29, 1.82) is 0 Å². The molecular weight excluding hydrogens is 424 g/mol. The normalized spacial score (nSPS) is 22.4. The zero-order valence-corrected chi connectivity index (χ0v) is 18.4. The van der Waals surface area contributed by atoms with Gasteiger partial charge in [-0.3, -0.25) is 0 Å². The first-order valence-corrected chi connectivity index (χ1v) is 11.3. The molecule has 6 rings (SSSR count). The molecule has 0 amide bonds. The molecule has 1 aromatic heterocycles. The Morgan fingerprint density at radius 1 is 0.969 bits per heavy atom. The lowest BCUT2D eigenvalue weighted by Gasteiger charge is -2.15. The number of nitrogens with zero attached hydrogens (tertiary/aromatic N) is 1. The van der Waals surface area contributed by atoms with Gasteiger partial charge >= 0.3 is 0 Å². The smallest absolute Gasteiger partial charge is 0.295 e. The van der Waals surface area contributed by atoms with Crippen LogP contribution in [-0.4, -0.2) is 41.5 Å². The molecule has 0 aliphatic carbocycles. The van der Waals surface area contributed by atoms with Gasteiger partial charge in [-0.05, 0) is 42.2 Å². The summed E-state index contributed by atoms with van der Waals surface area (Å²) < 4.78 is 17.6. The highest BCUT2D eigenvalue weighted by Crippen LogP contribution is 2.34. The van der Waals surface area contributed by atoms with E-state index in [0.717, 1.165) is 35.2 Å². The molecule has 6 heteroatoms. The van der Waals surface area contributed by atoms with Crippen molar-refractivity contribution in [2.24, 2.45) is 0 Å². The Morgan fingerprint density at radius 2 is 1.69 bits per heavy atom. The number of imidazole rings is 1. The van der Waals surface area contributed by atoms with E-state index in [-0.39, 0.29) is 18.3 Å². The number of benzene rings is 3. The lowest BCUT2D eigenvalue weighted by molar-refractivity contribution is 0.0273. The number of hydrogen-bond donors (Lipinski definition) is 1. The number of fused-ring (bicyclic) bond motifs is 2. The molecule has 1 N–H and O–H groups in total. The van der Waals surface area contributed by atoms with E-state index in [4.69, 9.17) is 25.8 Å². The molecule has 2 aliphatic heterocycles. The second-order valence-electron chi connectivity index (χ2n) is 8.49. The summed E-state index contributed by atoms with van der Waals surface area (Å²) in [5.41, 5.74) is 7.26. The van der Waals surface area contributed by atoms with E-state index in [1.54, 1.807) is 0 Å². The monoisotopic (exact) mass is 446 g/mol. The van der Waals surface area contributed by atoms with Crippen LogP contribution in [0.4, 0.5) is 0 Å². The van der Waals surface area contributed by atoms with Crippen molar-refractivity contribution in [3.05, 3.63) is 71.2 Å². The van der Waals surface area contributed by atoms with E-state index in [1.165, 1.54) is 16.7 Å². The summed E-state index contributed by atoms with van der Waals surface area (Å²) in [6.07, 6.45) is 0.891. The van der Waals surface area contributed by atoms with E-state index in [9.17, 15) is 0 Å². The van der Waals surface area contributed by atoms with Crippen molar-refractivity contribution >= 4 is 22.6 Å². The van der Waals surface area contributed by atoms with Crippen molar-refractivity contribution in [1.82, 2.24) is 9.97 Å². The Hall–Kier alpha value is -2.86. The minimum atomic E-state index is -0.146. The molecule has 5 nitrogen and oxygen atoms in total. The Morgan fingerprint density at radius 3 is 2.47 bits per heavy atom. The predicted molar refractivity (Wildman–Crippen MR) is 125 cm³/mol. The third-order valence-electron chi connectivity index (χ3n) is 6.31. The Bertz CT molecular complexity index is 1270. The van der Waals surface area contributed by atoms with Gasteiger partial charge in [0, 0.05) is 12.2 Å². The van der Waals surface area contributed by atoms with Gasteiger partial charge in [0.1, 0.15) is 6.10 Å². The molecule has 3 atom stereocenters. The van der Waals surface area contributed by atoms with Crippen molar-refractivity contribution in [3.63, 3.8) is 0 Å². The van der Waals surface area contributed by atoms with Crippen molar-refractivity contribution in [2.45, 2.75) is 31.7 Å². The molecule has 3 aromatic carbocycles. The minimum Gasteiger partial charge on any atom is -0.456 e. The standard InChI is InChI=1S/C26H23ClN2O3/c1-15-2-4-16(5-3-15)17-6-8-18(9-7-17)19-12-21-22(13-20(19)27)29-26(28-21)32-24-14-31-23-10-11-30-25(23)24/h2-9,12-13,23-25H,10-11,14H2,1H3,(H,28,29)/t23-,24?,25+/m1/s1. The average Bonchev–Trinajstić information content (AvgIpc) is 3.51. The fourth-order valence-electron chi connectivity index (χ4n) is 4.55. The van der Waals surface area contributed by atoms with Crippen LogP contribution in [0.1, 0.15) is 12.0 Å². The number of halogens is 1. The second kappa shape index (κ2) is 7.93. The van der Waals surface area contributed by atoms with Crippen LogP contribution >= 0.6 is 11.6 Å². The SMILES string of the molecule is Cc1ccc(-c2ccc(-c3cc4nc(OC5CO[C@@H]6CCO[C@H]56)[nH]c4cc3Cl)cc2)cc1. The van der Waals surface area contributed by atoms with Crippen LogP contribution in [0.25, 0.3) is 33.3 Å². The number of ether oxygens (including phenoxy) is 3. The minimum absolute atomic E-state index is 0.0191. The number of aromatic nitrogens is 2. The highest BCUT2D eigenvalue weighted by atomic mass is 35.5. The molecular formula is C26H23ClN2O3. The summed E-state index contributed by atoms with van der Waals surface area (Å²) in [7, 11) is 0. The van der Waals surface area contributed by atoms with Crippen LogP contribution in [0.2, 0.25) is 5.02 Å². The molecule has 2 fully saturated rings. The topological polar surface area (TPSA) is 56.4 Å². The van der Waals surface area contributed by atoms with Crippen molar-refractivity contribution in [3.8, 4) is 28.3 Å². The maximum Gasteiger partial charge on any atom is 0.295 e. The molecule has 32 heavy (non-hydrogen) atoms. The number of nitrogens with one attached hydrogen (secondary N) is 1. The summed E-state index contributed by atoms with van der Waals surface area (Å²) >= 11 is 6.64. The predicted octanol–water partition coefficient (Wildman–Crippen LogP) is 5.79. The maximum absolute atomic E-state index is 6.64. The molecule has 2 saturated heterocycles. The van der Waals surface area contributed by atoms with E-state index in [2.05, 4.69) is 65.4 Å². The Labute approximate surface area is 191 Å². The average molecular weight is 447 g/mol. The molecule has 2 aliphatic rings. The number of aromatic amines is 1. The summed E-state index contributed by atoms with van der Waals surface area (Å²) in [4.78, 5) is 7.87. The number of aryl methyl sites for hydroxylation is 1. The van der Waals surface area contributed by atoms with Crippen LogP contribution < -0.4 is 4.74 Å². The summed E-state index contributed by atoms with van der Waals surface area (Å²) in [5, 5.41) is 0.666. The lowest BCUT2D eigenvalue weighted by Crippen LogP contribution is -2.32. The van der Waals surface area contributed by atoms with Crippen LogP contribution in [0, 0.1) is 6.92 Å². The molecule has 3 heterocycles. The second-order valence-corrected chi connectivity index (χ2v) is 8.89. The molecule has 0 bridgehead atoms. The van der Waals surface area contributed by atoms with Gasteiger partial charge in [-0.25, -0.2) is 0 Å². The number of rotatable bonds is 4. The zero-order chi connectivity index (χ0) is 21.7. The van der Waals surface area contributed by atoms with Gasteiger partial charge in [0.25, 0.3) is 6.01 Å². The Balaban J connectivity index is 1.26. The van der Waals surface area contributed by atoms with Gasteiger partial charge in [-0.1, -0.05) is 65.7 Å². The van der Waals surface area contributed by atoms with Gasteiger partial charge in [0.2, 0.25) is 0 Å². The molecule has 0 spiro atoms. The fourth-order valence-corrected chi connectivity index (χ4v) is 4.82. The number of hydrogen-bond acceptors (Lipinski definition) is 4. The largest absolute Gasteiger partial charge is 0.456 e. The van der Waals surface area contributed by atoms with Crippen molar-refractivity contribution < 1.29 is 14.2 Å². The lowest BCUT2D eigenvalue weighted by atomic mass is 9.99. The molecule has 1 unspecified atom stereocenters. The van der Waals surface area contributed by atoms with E-state index in [1.807, 2.05) is 12.1 Å². The summed E-state index contributed by atoms with van der Waals surface area (Å²) in [6, 6.07) is 21.3. The van der Waals surface area contributed by atoms with Gasteiger partial charge in [-0.15, -0.1) is 0 Å². The summed E-state index contributed by atoms with van der Waals surface area (Å²) in [6.45, 7) is 3.33. The summed E-state index contributed by atoms with van der Waals surface area (Å²) in [5.74, 6) is 0. The van der Waals surface area contributed by atoms with Gasteiger partial charge in [0.05, 0.1) is 28.8 Å². The van der Waals surface area contributed by atoms with Crippen LogP contribution in [0.5, 0.6) is 6.01 Å². The van der Waals surface area contributed by atoms with Crippen LogP contribution in [0.15, 0.2) is 60.7 Å². The molecule has 0 radical (unpaired) electrons. The molecule has 4 aromatic rings. The first kappa shape index (κ1) is 19.8. The quantitative estimate of drug-likeness (QED) is 0.431.